The maximum Gasteiger partial charge on any atom is 0.139 e. The minimum Gasteiger partial charge on any atom is -0.361 e. The summed E-state index contributed by atoms with van der Waals surface area (Å²) in [6.07, 6.45) is 3.38. The molecule has 0 fully saturated rings. The van der Waals surface area contributed by atoms with Crippen molar-refractivity contribution in [1.29, 1.82) is 0 Å². The molecule has 0 bridgehead atoms. The topological polar surface area (TPSA) is 57.0 Å². The van der Waals surface area contributed by atoms with Crippen LogP contribution in [0.15, 0.2) is 10.6 Å². The molecule has 4 heteroatoms. The number of aryl methyl sites for hydroxylation is 3. The van der Waals surface area contributed by atoms with Crippen LogP contribution >= 0.6 is 0 Å². The first-order valence-corrected chi connectivity index (χ1v) is 7.39. The van der Waals surface area contributed by atoms with Crippen LogP contribution in [0.5, 0.6) is 0 Å². The summed E-state index contributed by atoms with van der Waals surface area (Å²) >= 11 is 0. The molecule has 4 nitrogen and oxygen atoms in total. The molecule has 2 aromatic rings. The molecule has 0 radical (unpaired) electrons. The van der Waals surface area contributed by atoms with Gasteiger partial charge in [0.2, 0.25) is 0 Å². The molecule has 0 saturated carbocycles. The van der Waals surface area contributed by atoms with E-state index in [1.54, 1.807) is 0 Å². The first kappa shape index (κ1) is 13.4. The molecule has 0 aromatic carbocycles. The van der Waals surface area contributed by atoms with Crippen LogP contribution in [0, 0.1) is 20.8 Å². The molecule has 0 aliphatic heterocycles. The first-order valence-electron chi connectivity index (χ1n) is 7.39. The normalized spacial score (nSPS) is 19.9. The molecule has 2 atom stereocenters. The highest BCUT2D eigenvalue weighted by Gasteiger charge is 2.27. The van der Waals surface area contributed by atoms with Crippen LogP contribution in [0.25, 0.3) is 0 Å². The molecular formula is C16H23N3O. The second-order valence-corrected chi connectivity index (χ2v) is 5.97. The fourth-order valence-corrected chi connectivity index (χ4v) is 3.72. The Morgan fingerprint density at radius 2 is 2.15 bits per heavy atom. The SMILES string of the molecule is Cc1noc(C)c1C(C)n1c(C)cc2c1CCCC2N. The van der Waals surface area contributed by atoms with Crippen LogP contribution in [-0.4, -0.2) is 9.72 Å². The monoisotopic (exact) mass is 273 g/mol. The number of rotatable bonds is 2. The Bertz CT molecular complexity index is 619. The van der Waals surface area contributed by atoms with Crippen molar-refractivity contribution in [2.75, 3.05) is 0 Å². The molecule has 3 rings (SSSR count). The predicted molar refractivity (Wildman–Crippen MR) is 78.8 cm³/mol. The lowest BCUT2D eigenvalue weighted by Crippen LogP contribution is -2.20. The van der Waals surface area contributed by atoms with Gasteiger partial charge in [-0.2, -0.15) is 0 Å². The van der Waals surface area contributed by atoms with Crippen LogP contribution in [0.1, 0.15) is 65.8 Å². The Hall–Kier alpha value is -1.55. The van der Waals surface area contributed by atoms with E-state index in [0.29, 0.717) is 0 Å². The van der Waals surface area contributed by atoms with Crippen molar-refractivity contribution < 1.29 is 4.52 Å². The van der Waals surface area contributed by atoms with Gasteiger partial charge in [-0.15, -0.1) is 0 Å². The van der Waals surface area contributed by atoms with E-state index in [1.165, 1.54) is 28.9 Å². The number of fused-ring (bicyclic) bond motifs is 1. The number of aromatic nitrogens is 2. The molecular weight excluding hydrogens is 250 g/mol. The summed E-state index contributed by atoms with van der Waals surface area (Å²) in [4.78, 5) is 0. The van der Waals surface area contributed by atoms with Gasteiger partial charge in [0, 0.05) is 23.0 Å². The van der Waals surface area contributed by atoms with Gasteiger partial charge in [0.15, 0.2) is 0 Å². The van der Waals surface area contributed by atoms with Gasteiger partial charge in [0.1, 0.15) is 5.76 Å². The third-order valence-corrected chi connectivity index (χ3v) is 4.59. The van der Waals surface area contributed by atoms with Crippen molar-refractivity contribution in [3.05, 3.63) is 40.0 Å². The lowest BCUT2D eigenvalue weighted by atomic mass is 9.93. The summed E-state index contributed by atoms with van der Waals surface area (Å²) in [6.45, 7) is 8.39. The van der Waals surface area contributed by atoms with Crippen molar-refractivity contribution in [2.45, 2.75) is 59.0 Å². The van der Waals surface area contributed by atoms with Crippen molar-refractivity contribution >= 4 is 0 Å². The lowest BCUT2D eigenvalue weighted by Gasteiger charge is -2.24. The van der Waals surface area contributed by atoms with Gasteiger partial charge < -0.3 is 14.8 Å². The average molecular weight is 273 g/mol. The van der Waals surface area contributed by atoms with Gasteiger partial charge in [0.25, 0.3) is 0 Å². The Morgan fingerprint density at radius 1 is 1.40 bits per heavy atom. The molecule has 2 aromatic heterocycles. The Kier molecular flexibility index (Phi) is 3.21. The quantitative estimate of drug-likeness (QED) is 0.913. The predicted octanol–water partition coefficient (Wildman–Crippen LogP) is 3.35. The molecule has 0 amide bonds. The fourth-order valence-electron chi connectivity index (χ4n) is 3.72. The highest BCUT2D eigenvalue weighted by atomic mass is 16.5. The molecule has 2 N–H and O–H groups in total. The Balaban J connectivity index is 2.11. The molecule has 20 heavy (non-hydrogen) atoms. The standard InChI is InChI=1S/C16H23N3O/c1-9-8-13-14(17)6-5-7-15(13)19(9)11(3)16-10(2)18-20-12(16)4/h8,11,14H,5-7,17H2,1-4H3. The number of nitrogens with two attached hydrogens (primary N) is 1. The van der Waals surface area contributed by atoms with Crippen LogP contribution in [0.3, 0.4) is 0 Å². The lowest BCUT2D eigenvalue weighted by molar-refractivity contribution is 0.390. The van der Waals surface area contributed by atoms with E-state index in [4.69, 9.17) is 10.3 Å². The minimum absolute atomic E-state index is 0.190. The number of hydrogen-bond acceptors (Lipinski definition) is 3. The average Bonchev–Trinajstić information content (AvgIpc) is 2.90. The summed E-state index contributed by atoms with van der Waals surface area (Å²) in [5.74, 6) is 0.914. The summed E-state index contributed by atoms with van der Waals surface area (Å²) in [5.41, 5.74) is 12.4. The summed E-state index contributed by atoms with van der Waals surface area (Å²) < 4.78 is 7.75. The number of nitrogens with zero attached hydrogens (tertiary/aromatic N) is 2. The highest BCUT2D eigenvalue weighted by molar-refractivity contribution is 5.36. The molecule has 0 spiro atoms. The third kappa shape index (κ3) is 1.90. The van der Waals surface area contributed by atoms with Crippen LogP contribution in [0.4, 0.5) is 0 Å². The second-order valence-electron chi connectivity index (χ2n) is 5.97. The summed E-state index contributed by atoms with van der Waals surface area (Å²) in [6, 6.07) is 2.69. The summed E-state index contributed by atoms with van der Waals surface area (Å²) in [7, 11) is 0. The first-order chi connectivity index (χ1) is 9.50. The summed E-state index contributed by atoms with van der Waals surface area (Å²) in [5, 5.41) is 4.09. The van der Waals surface area contributed by atoms with Crippen molar-refractivity contribution in [3.63, 3.8) is 0 Å². The second kappa shape index (κ2) is 4.77. The largest absolute Gasteiger partial charge is 0.361 e. The van der Waals surface area contributed by atoms with E-state index >= 15 is 0 Å². The molecule has 2 heterocycles. The van der Waals surface area contributed by atoms with Gasteiger partial charge in [-0.25, -0.2) is 0 Å². The van der Waals surface area contributed by atoms with Gasteiger partial charge in [-0.05, 0) is 58.6 Å². The van der Waals surface area contributed by atoms with Crippen LogP contribution in [-0.2, 0) is 6.42 Å². The van der Waals surface area contributed by atoms with E-state index < -0.39 is 0 Å². The fraction of sp³-hybridized carbons (Fsp3) is 0.562. The van der Waals surface area contributed by atoms with Gasteiger partial charge in [-0.1, -0.05) is 5.16 Å². The molecule has 2 unspecified atom stereocenters. The van der Waals surface area contributed by atoms with Gasteiger partial charge in [-0.3, -0.25) is 0 Å². The zero-order valence-electron chi connectivity index (χ0n) is 12.7. The van der Waals surface area contributed by atoms with E-state index in [1.807, 2.05) is 13.8 Å². The van der Waals surface area contributed by atoms with Crippen molar-refractivity contribution in [3.8, 4) is 0 Å². The molecule has 1 aliphatic rings. The van der Waals surface area contributed by atoms with Crippen molar-refractivity contribution in [2.24, 2.45) is 5.73 Å². The molecule has 0 saturated heterocycles. The molecule has 1 aliphatic carbocycles. The zero-order valence-corrected chi connectivity index (χ0v) is 12.7. The highest BCUT2D eigenvalue weighted by Crippen LogP contribution is 2.35. The van der Waals surface area contributed by atoms with Crippen molar-refractivity contribution in [1.82, 2.24) is 9.72 Å². The van der Waals surface area contributed by atoms with Crippen LogP contribution in [0.2, 0.25) is 0 Å². The van der Waals surface area contributed by atoms with E-state index in [-0.39, 0.29) is 12.1 Å². The third-order valence-electron chi connectivity index (χ3n) is 4.59. The van der Waals surface area contributed by atoms with E-state index in [9.17, 15) is 0 Å². The maximum atomic E-state index is 6.26. The smallest absolute Gasteiger partial charge is 0.139 e. The number of hydrogen-bond donors (Lipinski definition) is 1. The van der Waals surface area contributed by atoms with Gasteiger partial charge >= 0.3 is 0 Å². The Morgan fingerprint density at radius 3 is 2.80 bits per heavy atom. The van der Waals surface area contributed by atoms with E-state index in [2.05, 4.69) is 29.6 Å². The maximum absolute atomic E-state index is 6.26. The van der Waals surface area contributed by atoms with Crippen LogP contribution < -0.4 is 5.73 Å². The Labute approximate surface area is 119 Å². The zero-order chi connectivity index (χ0) is 14.4. The minimum atomic E-state index is 0.190. The molecule has 108 valence electrons. The van der Waals surface area contributed by atoms with E-state index in [0.717, 1.165) is 24.3 Å². The van der Waals surface area contributed by atoms with Gasteiger partial charge in [0.05, 0.1) is 11.7 Å².